The number of nitrogens with zero attached hydrogens (tertiary/aromatic N) is 2. The Morgan fingerprint density at radius 2 is 2.00 bits per heavy atom. The lowest BCUT2D eigenvalue weighted by Crippen LogP contribution is -2.40. The lowest BCUT2D eigenvalue weighted by atomic mass is 10.3. The molecule has 1 aromatic rings. The summed E-state index contributed by atoms with van der Waals surface area (Å²) in [4.78, 5) is 6.98. The first-order chi connectivity index (χ1) is 9.61. The normalized spacial score (nSPS) is 26.6. The van der Waals surface area contributed by atoms with Crippen molar-refractivity contribution in [3.63, 3.8) is 0 Å². The van der Waals surface area contributed by atoms with Crippen LogP contribution in [-0.4, -0.2) is 35.2 Å². The molecule has 2 unspecified atom stereocenters. The van der Waals surface area contributed by atoms with Crippen molar-refractivity contribution in [3.8, 4) is 5.88 Å². The minimum absolute atomic E-state index is 0.605. The molecule has 0 aromatic carbocycles. The van der Waals surface area contributed by atoms with Crippen molar-refractivity contribution >= 4 is 23.3 Å². The summed E-state index contributed by atoms with van der Waals surface area (Å²) in [7, 11) is 0. The van der Waals surface area contributed by atoms with E-state index >= 15 is 0 Å². The molecular formula is C15H23N3OS. The van der Waals surface area contributed by atoms with Crippen molar-refractivity contribution in [2.24, 2.45) is 5.92 Å². The molecule has 5 heteroatoms. The summed E-state index contributed by atoms with van der Waals surface area (Å²) in [5.41, 5.74) is 6.61. The molecule has 0 amide bonds. The van der Waals surface area contributed by atoms with E-state index in [2.05, 4.69) is 23.7 Å². The van der Waals surface area contributed by atoms with Gasteiger partial charge in [-0.15, -0.1) is 0 Å². The first-order valence-electron chi connectivity index (χ1n) is 7.41. The van der Waals surface area contributed by atoms with Gasteiger partial charge in [0.25, 0.3) is 0 Å². The molecule has 4 nitrogen and oxygen atoms in total. The molecule has 0 bridgehead atoms. The van der Waals surface area contributed by atoms with E-state index in [1.807, 2.05) is 23.9 Å². The zero-order chi connectivity index (χ0) is 14.1. The van der Waals surface area contributed by atoms with Crippen LogP contribution in [0.15, 0.2) is 12.1 Å². The van der Waals surface area contributed by atoms with Crippen molar-refractivity contribution in [1.82, 2.24) is 4.98 Å². The highest BCUT2D eigenvalue weighted by Gasteiger charge is 2.25. The first kappa shape index (κ1) is 13.9. The van der Waals surface area contributed by atoms with Crippen LogP contribution in [0.25, 0.3) is 0 Å². The van der Waals surface area contributed by atoms with Crippen LogP contribution < -0.4 is 15.4 Å². The van der Waals surface area contributed by atoms with E-state index in [9.17, 15) is 0 Å². The van der Waals surface area contributed by atoms with Gasteiger partial charge in [0.05, 0.1) is 12.3 Å². The molecule has 0 radical (unpaired) electrons. The van der Waals surface area contributed by atoms with Gasteiger partial charge in [0.2, 0.25) is 5.88 Å². The van der Waals surface area contributed by atoms with Gasteiger partial charge in [-0.2, -0.15) is 16.7 Å². The number of pyridine rings is 1. The molecule has 3 rings (SSSR count). The fraction of sp³-hybridized carbons (Fsp3) is 0.667. The number of hydrogen-bond acceptors (Lipinski definition) is 5. The lowest BCUT2D eigenvalue weighted by Gasteiger charge is -2.35. The smallest absolute Gasteiger partial charge is 0.239 e. The lowest BCUT2D eigenvalue weighted by molar-refractivity contribution is 0.290. The Morgan fingerprint density at radius 3 is 2.65 bits per heavy atom. The van der Waals surface area contributed by atoms with Gasteiger partial charge in [-0.05, 0) is 30.9 Å². The van der Waals surface area contributed by atoms with Crippen LogP contribution in [0.5, 0.6) is 5.88 Å². The predicted octanol–water partition coefficient (Wildman–Crippen LogP) is 2.78. The Kier molecular flexibility index (Phi) is 3.96. The molecule has 110 valence electrons. The van der Waals surface area contributed by atoms with Crippen molar-refractivity contribution in [3.05, 3.63) is 12.1 Å². The van der Waals surface area contributed by atoms with Crippen LogP contribution in [0.4, 0.5) is 11.5 Å². The fourth-order valence-electron chi connectivity index (χ4n) is 2.58. The van der Waals surface area contributed by atoms with Crippen molar-refractivity contribution < 1.29 is 4.74 Å². The summed E-state index contributed by atoms with van der Waals surface area (Å²) in [6, 6.07) is 3.93. The van der Waals surface area contributed by atoms with Crippen molar-refractivity contribution in [2.45, 2.75) is 37.2 Å². The molecule has 2 N–H and O–H groups in total. The Hall–Kier alpha value is -1.10. The van der Waals surface area contributed by atoms with Gasteiger partial charge in [-0.25, -0.2) is 0 Å². The number of anilines is 2. The van der Waals surface area contributed by atoms with Crippen molar-refractivity contribution in [2.75, 3.05) is 30.3 Å². The van der Waals surface area contributed by atoms with Crippen LogP contribution in [-0.2, 0) is 0 Å². The quantitative estimate of drug-likeness (QED) is 0.925. The van der Waals surface area contributed by atoms with Gasteiger partial charge in [-0.3, -0.25) is 0 Å². The van der Waals surface area contributed by atoms with E-state index in [-0.39, 0.29) is 0 Å². The van der Waals surface area contributed by atoms with E-state index in [0.717, 1.165) is 25.5 Å². The molecule has 2 heterocycles. The summed E-state index contributed by atoms with van der Waals surface area (Å²) in [5.74, 6) is 2.31. The summed E-state index contributed by atoms with van der Waals surface area (Å²) in [5, 5.41) is 1.27. The second-order valence-corrected chi connectivity index (χ2v) is 7.86. The fourth-order valence-corrected chi connectivity index (χ4v) is 3.90. The van der Waals surface area contributed by atoms with Gasteiger partial charge in [0.1, 0.15) is 5.82 Å². The monoisotopic (exact) mass is 293 g/mol. The molecule has 1 aliphatic carbocycles. The second-order valence-electron chi connectivity index (χ2n) is 5.98. The van der Waals surface area contributed by atoms with Crippen LogP contribution in [0.3, 0.4) is 0 Å². The van der Waals surface area contributed by atoms with Gasteiger partial charge in [0.15, 0.2) is 0 Å². The third-order valence-corrected chi connectivity index (χ3v) is 5.00. The number of hydrogen-bond donors (Lipinski definition) is 1. The highest BCUT2D eigenvalue weighted by Crippen LogP contribution is 2.32. The van der Waals surface area contributed by atoms with Crippen molar-refractivity contribution in [1.29, 1.82) is 0 Å². The average Bonchev–Trinajstić information content (AvgIpc) is 3.20. The van der Waals surface area contributed by atoms with Gasteiger partial charge in [-0.1, -0.05) is 13.8 Å². The SMILES string of the molecule is CC1CN(c2ccc(N)c(OCC3CC3)n2)CC(C)S1. The summed E-state index contributed by atoms with van der Waals surface area (Å²) in [6.07, 6.45) is 2.55. The van der Waals surface area contributed by atoms with Crippen LogP contribution in [0.1, 0.15) is 26.7 Å². The maximum absolute atomic E-state index is 5.97. The third-order valence-electron chi connectivity index (χ3n) is 3.77. The van der Waals surface area contributed by atoms with Gasteiger partial charge in [0, 0.05) is 23.6 Å². The van der Waals surface area contributed by atoms with E-state index in [0.29, 0.717) is 28.0 Å². The summed E-state index contributed by atoms with van der Waals surface area (Å²) < 4.78 is 5.78. The Morgan fingerprint density at radius 1 is 1.30 bits per heavy atom. The third kappa shape index (κ3) is 3.32. The average molecular weight is 293 g/mol. The van der Waals surface area contributed by atoms with Gasteiger partial charge >= 0.3 is 0 Å². The number of nitrogen functional groups attached to an aromatic ring is 1. The molecular weight excluding hydrogens is 270 g/mol. The Bertz CT molecular complexity index is 468. The molecule has 1 saturated carbocycles. The molecule has 20 heavy (non-hydrogen) atoms. The minimum Gasteiger partial charge on any atom is -0.476 e. The zero-order valence-electron chi connectivity index (χ0n) is 12.2. The van der Waals surface area contributed by atoms with E-state index in [4.69, 9.17) is 10.5 Å². The molecule has 2 aliphatic rings. The van der Waals surface area contributed by atoms with Crippen LogP contribution in [0.2, 0.25) is 0 Å². The molecule has 1 aromatic heterocycles. The molecule has 0 spiro atoms. The number of nitrogens with two attached hydrogens (primary N) is 1. The molecule has 1 saturated heterocycles. The standard InChI is InChI=1S/C15H23N3OS/c1-10-7-18(8-11(2)20-10)14-6-5-13(16)15(17-14)19-9-12-3-4-12/h5-6,10-12H,3-4,7-9,16H2,1-2H3. The van der Waals surface area contributed by atoms with E-state index in [1.165, 1.54) is 12.8 Å². The maximum atomic E-state index is 5.97. The minimum atomic E-state index is 0.605. The zero-order valence-corrected chi connectivity index (χ0v) is 13.0. The van der Waals surface area contributed by atoms with Gasteiger partial charge < -0.3 is 15.4 Å². The molecule has 1 aliphatic heterocycles. The highest BCUT2D eigenvalue weighted by atomic mass is 32.2. The number of thioether (sulfide) groups is 1. The summed E-state index contributed by atoms with van der Waals surface area (Å²) in [6.45, 7) is 7.37. The Balaban J connectivity index is 1.73. The highest BCUT2D eigenvalue weighted by molar-refractivity contribution is 8.00. The van der Waals surface area contributed by atoms with E-state index in [1.54, 1.807) is 0 Å². The maximum Gasteiger partial charge on any atom is 0.239 e. The number of rotatable bonds is 4. The Labute approximate surface area is 125 Å². The number of ether oxygens (including phenoxy) is 1. The summed E-state index contributed by atoms with van der Waals surface area (Å²) >= 11 is 2.04. The molecule has 2 fully saturated rings. The topological polar surface area (TPSA) is 51.4 Å². The predicted molar refractivity (Wildman–Crippen MR) is 85.6 cm³/mol. The largest absolute Gasteiger partial charge is 0.476 e. The van der Waals surface area contributed by atoms with Crippen LogP contribution >= 0.6 is 11.8 Å². The first-order valence-corrected chi connectivity index (χ1v) is 8.36. The van der Waals surface area contributed by atoms with E-state index < -0.39 is 0 Å². The van der Waals surface area contributed by atoms with Crippen LogP contribution in [0, 0.1) is 5.92 Å². The molecule has 2 atom stereocenters. The number of aromatic nitrogens is 1. The second kappa shape index (κ2) is 5.72.